The van der Waals surface area contributed by atoms with E-state index in [2.05, 4.69) is 13.0 Å². The number of esters is 15. The Hall–Kier alpha value is -8.46. The first-order valence-corrected chi connectivity index (χ1v) is 47.0. The first-order chi connectivity index (χ1) is 59.5. The molecule has 0 amide bonds. The smallest absolute Gasteiger partial charge is 0.347 e. The van der Waals surface area contributed by atoms with Gasteiger partial charge in [-0.25, -0.2) is 9.59 Å². The fourth-order valence-corrected chi connectivity index (χ4v) is 20.4. The summed E-state index contributed by atoms with van der Waals surface area (Å²) in [6.07, 6.45) is 12.3. The van der Waals surface area contributed by atoms with Crippen molar-refractivity contribution in [1.29, 1.82) is 5.26 Å². The highest BCUT2D eigenvalue weighted by molar-refractivity contribution is 5.87. The van der Waals surface area contributed by atoms with Gasteiger partial charge in [-0.15, -0.1) is 0 Å². The van der Waals surface area contributed by atoms with Crippen LogP contribution in [-0.4, -0.2) is 182 Å². The minimum Gasteiger partial charge on any atom is -0.465 e. The molecule has 31 nitrogen and oxygen atoms in total. The number of nitriles is 1. The van der Waals surface area contributed by atoms with E-state index in [4.69, 9.17) is 71.1 Å². The lowest BCUT2D eigenvalue weighted by molar-refractivity contribution is -0.219. The lowest BCUT2D eigenvalue weighted by Gasteiger charge is -2.60. The van der Waals surface area contributed by atoms with Crippen LogP contribution >= 0.6 is 0 Å². The number of rotatable bonds is 23. The van der Waals surface area contributed by atoms with Gasteiger partial charge in [0.05, 0.1) is 93.9 Å². The number of fused-ring (bicyclic) bond motifs is 3. The molecule has 17 rings (SSSR count). The van der Waals surface area contributed by atoms with Gasteiger partial charge in [0.2, 0.25) is 12.2 Å². The maximum Gasteiger partial charge on any atom is 0.347 e. The van der Waals surface area contributed by atoms with E-state index in [1.807, 2.05) is 132 Å². The molecule has 22 atom stereocenters. The molecule has 7 saturated heterocycles. The number of carbonyl (C=O) groups is 15. The molecule has 0 aromatic rings. The normalized spacial score (nSPS) is 32.6. The molecule has 31 heteroatoms. The number of hydrogen-bond acceptors (Lipinski definition) is 31. The molecule has 138 heavy (non-hydrogen) atoms. The highest BCUT2D eigenvalue weighted by atomic mass is 16.6. The van der Waals surface area contributed by atoms with E-state index in [-0.39, 0.29) is 237 Å². The Bertz CT molecular complexity index is 4240. The summed E-state index contributed by atoms with van der Waals surface area (Å²) in [5.74, 6) is -1.61. The third kappa shape index (κ3) is 27.3. The summed E-state index contributed by atoms with van der Waals surface area (Å²) in [5.41, 5.74) is -6.32. The van der Waals surface area contributed by atoms with Crippen LogP contribution < -0.4 is 0 Å². The Morgan fingerprint density at radius 1 is 0.413 bits per heavy atom. The third-order valence-corrected chi connectivity index (χ3v) is 31.8. The highest BCUT2D eigenvalue weighted by Crippen LogP contribution is 2.66. The zero-order valence-electron chi connectivity index (χ0n) is 79.8. The van der Waals surface area contributed by atoms with E-state index >= 15 is 0 Å². The third-order valence-electron chi connectivity index (χ3n) is 31.8. The average Bonchev–Trinajstić information content (AvgIpc) is 1.51. The van der Waals surface area contributed by atoms with Crippen molar-refractivity contribution in [3.8, 4) is 6.07 Å². The van der Waals surface area contributed by atoms with Gasteiger partial charge in [-0.05, 0) is 231 Å². The monoisotopic (exact) mass is 1960 g/mol. The Morgan fingerprint density at radius 2 is 0.841 bits per heavy atom. The van der Waals surface area contributed by atoms with Crippen LogP contribution in [0, 0.1) is 125 Å². The Morgan fingerprint density at radius 3 is 1.28 bits per heavy atom. The maximum absolute atomic E-state index is 13.1. The summed E-state index contributed by atoms with van der Waals surface area (Å²) in [6.45, 7) is 44.8. The topological polar surface area (TPSA) is 418 Å². The molecule has 10 saturated carbocycles. The Balaban J connectivity index is 0.00000158. The average molecular weight is 1960 g/mol. The van der Waals surface area contributed by atoms with Crippen molar-refractivity contribution in [2.45, 2.75) is 447 Å². The van der Waals surface area contributed by atoms with Gasteiger partial charge in [0.25, 0.3) is 0 Å². The van der Waals surface area contributed by atoms with Gasteiger partial charge in [0.15, 0.2) is 5.41 Å². The zero-order valence-corrected chi connectivity index (χ0v) is 79.8. The summed E-state index contributed by atoms with van der Waals surface area (Å²) in [6, 6.07) is 2.15. The molecule has 0 radical (unpaired) electrons. The number of nitrogens with zero attached hydrogens (tertiary/aromatic N) is 1. The summed E-state index contributed by atoms with van der Waals surface area (Å²) in [4.78, 5) is 178. The lowest BCUT2D eigenvalue weighted by Crippen LogP contribution is -2.60. The summed E-state index contributed by atoms with van der Waals surface area (Å²) in [5, 5.41) is 9.31. The molecule has 17 aliphatic rings. The first-order valence-electron chi connectivity index (χ1n) is 47.0. The maximum atomic E-state index is 13.1. The van der Waals surface area contributed by atoms with E-state index in [1.54, 1.807) is 20.8 Å². The predicted molar refractivity (Wildman–Crippen MR) is 520 cm³/mol. The van der Waals surface area contributed by atoms with E-state index in [0.717, 1.165) is 70.6 Å². The fourth-order valence-electron chi connectivity index (χ4n) is 20.4. The van der Waals surface area contributed by atoms with Crippen molar-refractivity contribution >= 4 is 89.5 Å². The first kappa shape index (κ1) is 130. The molecular weight excluding hydrogens is 1780 g/mol. The fraction of sp³-hybridized carbons (Fsp3) is 0.850. The second-order valence-corrected chi connectivity index (χ2v) is 43.7. The quantitative estimate of drug-likeness (QED) is 0.0677. The molecule has 10 bridgehead atoms. The van der Waals surface area contributed by atoms with Gasteiger partial charge in [-0.3, -0.25) is 62.3 Å². The molecule has 10 aliphatic carbocycles. The van der Waals surface area contributed by atoms with E-state index in [1.165, 1.54) is 0 Å². The molecule has 0 aromatic heterocycles. The van der Waals surface area contributed by atoms with Crippen LogP contribution in [0.4, 0.5) is 0 Å². The van der Waals surface area contributed by atoms with Crippen LogP contribution in [0.15, 0.2) is 0 Å². The van der Waals surface area contributed by atoms with Crippen LogP contribution in [0.1, 0.15) is 381 Å². The van der Waals surface area contributed by atoms with Crippen LogP contribution in [0.25, 0.3) is 0 Å². The minimum absolute atomic E-state index is 0. The SMILES string of the molecule is C.C.C.C.C.C.C.C.C.C.CCC(C)(C)C(=O)OC1(C)CCOC(=O)C1.CCC(C)(C)C(=O)OC12CC3CC(C1)CC(C(=O)OC1CCOC1=O)(C3)C2.CCC(C)(C)C(=O)OC1C2CC3C(=O)OC1C3C2.CCC(C)(C)C(=O)OC1C2CC3C1OC(=O)C3(C#N)C2.CCC(C)(C)C(=O)OC1C2CC3C1OC(=O)C3C2C.CCC(C)(C)C(=O)OC1CCOC1=O.CCC(C)(C)C(=O)OC1COC(=O)C1. The van der Waals surface area contributed by atoms with Gasteiger partial charge >= 0.3 is 89.5 Å². The molecule has 0 aromatic carbocycles. The summed E-state index contributed by atoms with van der Waals surface area (Å²) in [7, 11) is 0. The highest BCUT2D eigenvalue weighted by Gasteiger charge is 2.73. The van der Waals surface area contributed by atoms with Crippen LogP contribution in [-0.2, 0) is 143 Å². The lowest BCUT2D eigenvalue weighted by atomic mass is 9.48. The summed E-state index contributed by atoms with van der Waals surface area (Å²) >= 11 is 0. The Kier molecular flexibility index (Phi) is 46.5. The number of carbonyl (C=O) groups excluding carboxylic acids is 15. The van der Waals surface area contributed by atoms with Gasteiger partial charge in [-0.2, -0.15) is 5.26 Å². The second kappa shape index (κ2) is 49.5. The standard InChI is InChI=1S/C21H30O6.C15H19NO4.C15H22O4.C14H20O4.C12H20O4.2C10H16O4.10CH4/c1-4-19(2,3)17(23)27-21-10-13-7-14(11-21)9-20(8-13,12-21)18(24)26-15-5-6-25-16(15)22;1-4-14(2,3)12(17)19-10-8-5-9-11(10)20-13(18)15(9,6-8)7-16;1-5-15(3,4)14(17)19-11-8-6-9-10(7(8)2)13(16)18-12(9)11;1-4-14(2,3)13(16)18-10-7-5-8-9(6-7)12(15)17-11(8)10;1-5-11(2,3)10(14)16-12(4)6-7-15-9(13)8-12;1-4-10(2,3)9(12)14-7-5-8(11)13-6-7;1-4-10(2,3)9(12)14-7-5-6-13-8(7)11;;;;;;;;;;/h13-15H,4-12H2,1-3H3;8-11H,4-6H2,1-3H3;7-12H,5-6H2,1-4H3;7-11H,4-6H2,1-3H3;5-8H2,1-4H3;2*7H,4-6H2,1-3H3;10*1H4. The van der Waals surface area contributed by atoms with Crippen molar-refractivity contribution in [2.75, 3.05) is 26.4 Å². The summed E-state index contributed by atoms with van der Waals surface area (Å²) < 4.78 is 79.8. The number of cyclic esters (lactones) is 4. The molecule has 7 aliphatic heterocycles. The molecule has 796 valence electrons. The zero-order chi connectivity index (χ0) is 95.1. The van der Waals surface area contributed by atoms with Crippen molar-refractivity contribution < 1.29 is 143 Å². The molecule has 0 spiro atoms. The molecule has 0 N–H and O–H groups in total. The molecular formula is C107H183NO30. The van der Waals surface area contributed by atoms with E-state index in [9.17, 15) is 77.2 Å². The van der Waals surface area contributed by atoms with E-state index < -0.39 is 96.2 Å². The largest absolute Gasteiger partial charge is 0.465 e. The van der Waals surface area contributed by atoms with Crippen LogP contribution in [0.5, 0.6) is 0 Å². The van der Waals surface area contributed by atoms with Crippen molar-refractivity contribution in [3.05, 3.63) is 0 Å². The van der Waals surface area contributed by atoms with Gasteiger partial charge in [0, 0.05) is 61.2 Å². The van der Waals surface area contributed by atoms with Crippen LogP contribution in [0.3, 0.4) is 0 Å². The number of hydrogen-bond donors (Lipinski definition) is 0. The second-order valence-electron chi connectivity index (χ2n) is 43.7. The van der Waals surface area contributed by atoms with Crippen LogP contribution in [0.2, 0.25) is 0 Å². The molecule has 17 fully saturated rings. The predicted octanol–water partition coefficient (Wildman–Crippen LogP) is 20.0. The Labute approximate surface area is 827 Å². The van der Waals surface area contributed by atoms with E-state index in [0.29, 0.717) is 114 Å². The minimum atomic E-state index is -0.974. The number of ether oxygens (including phenoxy) is 15. The van der Waals surface area contributed by atoms with Crippen molar-refractivity contribution in [2.24, 2.45) is 114 Å². The molecule has 7 heterocycles. The van der Waals surface area contributed by atoms with Gasteiger partial charge < -0.3 is 71.1 Å². The van der Waals surface area contributed by atoms with Gasteiger partial charge in [-0.1, -0.05) is 130 Å². The molecule has 22 unspecified atom stereocenters. The van der Waals surface area contributed by atoms with Crippen molar-refractivity contribution in [3.63, 3.8) is 0 Å². The van der Waals surface area contributed by atoms with Crippen molar-refractivity contribution in [1.82, 2.24) is 0 Å². The van der Waals surface area contributed by atoms with Gasteiger partial charge in [0.1, 0.15) is 60.5 Å².